The largest absolute Gasteiger partial charge is 0.478 e. The van der Waals surface area contributed by atoms with Gasteiger partial charge >= 0.3 is 5.97 Å². The summed E-state index contributed by atoms with van der Waals surface area (Å²) in [5.41, 5.74) is 1.03. The molecule has 94 valence electrons. The Balaban J connectivity index is 3.32. The Bertz CT molecular complexity index is 515. The first-order valence-electron chi connectivity index (χ1n) is 4.85. The molecule has 0 aliphatic heterocycles. The highest BCUT2D eigenvalue weighted by Crippen LogP contribution is 2.30. The smallest absolute Gasteiger partial charge is 0.338 e. The summed E-state index contributed by atoms with van der Waals surface area (Å²) >= 11 is 11.7. The summed E-state index contributed by atoms with van der Waals surface area (Å²) < 4.78 is 0. The molecule has 0 bridgehead atoms. The van der Waals surface area contributed by atoms with Crippen molar-refractivity contribution < 1.29 is 9.90 Å². The zero-order chi connectivity index (χ0) is 13.7. The van der Waals surface area contributed by atoms with E-state index in [-0.39, 0.29) is 22.2 Å². The van der Waals surface area contributed by atoms with Crippen LogP contribution in [0.1, 0.15) is 15.9 Å². The molecule has 1 aromatic rings. The molecule has 1 rings (SSSR count). The maximum atomic E-state index is 10.9. The van der Waals surface area contributed by atoms with Gasteiger partial charge in [0.1, 0.15) is 6.54 Å². The summed E-state index contributed by atoms with van der Waals surface area (Å²) in [7, 11) is 0. The Hall–Kier alpha value is -1.65. The van der Waals surface area contributed by atoms with Gasteiger partial charge in [-0.15, -0.1) is 0 Å². The van der Waals surface area contributed by atoms with E-state index in [1.54, 1.807) is 6.08 Å². The van der Waals surface area contributed by atoms with Crippen molar-refractivity contribution in [2.24, 2.45) is 5.18 Å². The van der Waals surface area contributed by atoms with Crippen LogP contribution >= 0.6 is 23.2 Å². The van der Waals surface area contributed by atoms with Crippen LogP contribution in [-0.2, 0) is 0 Å². The first kappa shape index (κ1) is 14.4. The van der Waals surface area contributed by atoms with E-state index >= 15 is 0 Å². The van der Waals surface area contributed by atoms with Crippen LogP contribution in [0.3, 0.4) is 0 Å². The zero-order valence-corrected chi connectivity index (χ0v) is 10.7. The van der Waals surface area contributed by atoms with Gasteiger partial charge in [-0.1, -0.05) is 47.1 Å². The molecule has 1 N–H and O–H groups in total. The van der Waals surface area contributed by atoms with Gasteiger partial charge in [0.25, 0.3) is 0 Å². The van der Waals surface area contributed by atoms with Crippen molar-refractivity contribution in [2.45, 2.75) is 0 Å². The molecular formula is C12H9Cl2NO3. The fourth-order valence-corrected chi connectivity index (χ4v) is 2.05. The van der Waals surface area contributed by atoms with Crippen molar-refractivity contribution in [3.05, 3.63) is 56.9 Å². The normalized spacial score (nSPS) is 11.1. The first-order valence-corrected chi connectivity index (χ1v) is 5.61. The number of nitroso groups, excluding NO2 is 1. The molecule has 0 aliphatic rings. The molecular weight excluding hydrogens is 277 g/mol. The lowest BCUT2D eigenvalue weighted by Crippen LogP contribution is -1.99. The second kappa shape index (κ2) is 6.33. The van der Waals surface area contributed by atoms with Gasteiger partial charge in [-0.05, 0) is 23.3 Å². The highest BCUT2D eigenvalue weighted by Gasteiger charge is 2.15. The van der Waals surface area contributed by atoms with Crippen molar-refractivity contribution in [1.82, 2.24) is 0 Å². The quantitative estimate of drug-likeness (QED) is 0.656. The van der Waals surface area contributed by atoms with Crippen molar-refractivity contribution in [3.63, 3.8) is 0 Å². The minimum absolute atomic E-state index is 0.0166. The number of hydrogen-bond donors (Lipinski definition) is 1. The van der Waals surface area contributed by atoms with Crippen LogP contribution in [0.25, 0.3) is 5.57 Å². The van der Waals surface area contributed by atoms with E-state index in [0.717, 1.165) is 0 Å². The lowest BCUT2D eigenvalue weighted by molar-refractivity contribution is 0.0697. The summed E-state index contributed by atoms with van der Waals surface area (Å²) in [6.45, 7) is 3.58. The molecule has 0 radical (unpaired) electrons. The van der Waals surface area contributed by atoms with Gasteiger partial charge in [-0.3, -0.25) is 0 Å². The fraction of sp³-hybridized carbons (Fsp3) is 0.0833. The predicted molar refractivity (Wildman–Crippen MR) is 72.3 cm³/mol. The summed E-state index contributed by atoms with van der Waals surface area (Å²) in [5.74, 6) is -1.20. The van der Waals surface area contributed by atoms with E-state index < -0.39 is 5.97 Å². The minimum Gasteiger partial charge on any atom is -0.478 e. The molecule has 18 heavy (non-hydrogen) atoms. The average molecular weight is 286 g/mol. The minimum atomic E-state index is -1.20. The lowest BCUT2D eigenvalue weighted by Gasteiger charge is -2.07. The highest BCUT2D eigenvalue weighted by molar-refractivity contribution is 6.39. The standard InChI is InChI=1S/C12H9Cl2NO3/c1-2-7(3-4-15-18)8-5-9(13)11(12(16)17)10(14)6-8/h2-3,5-6H,1,4H2,(H,16,17). The maximum Gasteiger partial charge on any atom is 0.338 e. The first-order chi connectivity index (χ1) is 8.51. The molecule has 0 unspecified atom stereocenters. The van der Waals surface area contributed by atoms with Crippen LogP contribution in [-0.4, -0.2) is 17.6 Å². The van der Waals surface area contributed by atoms with Gasteiger partial charge < -0.3 is 5.11 Å². The Morgan fingerprint density at radius 2 is 1.94 bits per heavy atom. The number of nitrogens with zero attached hydrogens (tertiary/aromatic N) is 1. The molecule has 6 heteroatoms. The molecule has 0 fully saturated rings. The fourth-order valence-electron chi connectivity index (χ4n) is 1.40. The van der Waals surface area contributed by atoms with Gasteiger partial charge in [0.2, 0.25) is 0 Å². The monoisotopic (exact) mass is 285 g/mol. The second-order valence-corrected chi connectivity index (χ2v) is 4.11. The number of benzene rings is 1. The Morgan fingerprint density at radius 3 is 2.33 bits per heavy atom. The molecule has 0 heterocycles. The molecule has 0 spiro atoms. The second-order valence-electron chi connectivity index (χ2n) is 3.30. The van der Waals surface area contributed by atoms with E-state index in [2.05, 4.69) is 11.8 Å². The summed E-state index contributed by atoms with van der Waals surface area (Å²) in [6.07, 6.45) is 3.05. The molecule has 0 aromatic heterocycles. The number of carboxylic acids is 1. The average Bonchev–Trinajstić information content (AvgIpc) is 2.28. The number of carboxylic acid groups (broad SMARTS) is 1. The van der Waals surface area contributed by atoms with Crippen LogP contribution in [0.2, 0.25) is 10.0 Å². The number of halogens is 2. The summed E-state index contributed by atoms with van der Waals surface area (Å²) in [5, 5.41) is 11.7. The SMILES string of the molecule is C=CC(=CCN=O)c1cc(Cl)c(C(=O)O)c(Cl)c1. The third-order valence-electron chi connectivity index (χ3n) is 2.19. The van der Waals surface area contributed by atoms with E-state index in [1.807, 2.05) is 0 Å². The number of aromatic carboxylic acids is 1. The van der Waals surface area contributed by atoms with Crippen molar-refractivity contribution in [2.75, 3.05) is 6.54 Å². The van der Waals surface area contributed by atoms with E-state index in [9.17, 15) is 9.70 Å². The van der Waals surface area contributed by atoms with Crippen molar-refractivity contribution in [1.29, 1.82) is 0 Å². The Labute approximate surface area is 113 Å². The molecule has 0 aliphatic carbocycles. The van der Waals surface area contributed by atoms with Crippen LogP contribution < -0.4 is 0 Å². The van der Waals surface area contributed by atoms with Gasteiger partial charge in [-0.2, -0.15) is 4.91 Å². The molecule has 0 atom stereocenters. The molecule has 4 nitrogen and oxygen atoms in total. The van der Waals surface area contributed by atoms with Gasteiger partial charge in [0, 0.05) is 0 Å². The number of carbonyl (C=O) groups is 1. The Kier molecular flexibility index (Phi) is 5.07. The van der Waals surface area contributed by atoms with Crippen molar-refractivity contribution >= 4 is 34.7 Å². The lowest BCUT2D eigenvalue weighted by atomic mass is 10.0. The molecule has 1 aromatic carbocycles. The summed E-state index contributed by atoms with van der Waals surface area (Å²) in [4.78, 5) is 21.0. The third kappa shape index (κ3) is 3.18. The van der Waals surface area contributed by atoms with Crippen LogP contribution in [0.4, 0.5) is 0 Å². The third-order valence-corrected chi connectivity index (χ3v) is 2.79. The van der Waals surface area contributed by atoms with Crippen LogP contribution in [0.15, 0.2) is 36.0 Å². The van der Waals surface area contributed by atoms with E-state index in [4.69, 9.17) is 28.3 Å². The number of hydrogen-bond acceptors (Lipinski definition) is 3. The van der Waals surface area contributed by atoms with Gasteiger partial charge in [-0.25, -0.2) is 4.79 Å². The zero-order valence-electron chi connectivity index (χ0n) is 9.19. The van der Waals surface area contributed by atoms with Crippen LogP contribution in [0.5, 0.6) is 0 Å². The molecule has 0 saturated carbocycles. The summed E-state index contributed by atoms with van der Waals surface area (Å²) in [6, 6.07) is 2.91. The van der Waals surface area contributed by atoms with Gasteiger partial charge in [0.05, 0.1) is 15.6 Å². The topological polar surface area (TPSA) is 66.7 Å². The molecule has 0 amide bonds. The number of rotatable bonds is 5. The number of allylic oxidation sites excluding steroid dienone is 2. The molecule has 0 saturated heterocycles. The van der Waals surface area contributed by atoms with E-state index in [1.165, 1.54) is 18.2 Å². The van der Waals surface area contributed by atoms with Crippen molar-refractivity contribution in [3.8, 4) is 0 Å². The highest BCUT2D eigenvalue weighted by atomic mass is 35.5. The van der Waals surface area contributed by atoms with E-state index in [0.29, 0.717) is 11.1 Å². The van der Waals surface area contributed by atoms with Gasteiger partial charge in [0.15, 0.2) is 0 Å². The maximum absolute atomic E-state index is 10.9. The van der Waals surface area contributed by atoms with Crippen LogP contribution in [0, 0.1) is 4.91 Å². The Morgan fingerprint density at radius 1 is 1.39 bits per heavy atom. The predicted octanol–water partition coefficient (Wildman–Crippen LogP) is 4.03.